The lowest BCUT2D eigenvalue weighted by Crippen LogP contribution is -2.22. The van der Waals surface area contributed by atoms with E-state index in [2.05, 4.69) is 11.8 Å². The van der Waals surface area contributed by atoms with Gasteiger partial charge in [0.15, 0.2) is 6.61 Å². The first kappa shape index (κ1) is 13.5. The van der Waals surface area contributed by atoms with Gasteiger partial charge in [0.1, 0.15) is 0 Å². The van der Waals surface area contributed by atoms with Crippen LogP contribution in [0.15, 0.2) is 0 Å². The van der Waals surface area contributed by atoms with Crippen LogP contribution in [-0.4, -0.2) is 23.7 Å². The quantitative estimate of drug-likeness (QED) is 0.568. The van der Waals surface area contributed by atoms with E-state index in [1.54, 1.807) is 20.8 Å². The van der Waals surface area contributed by atoms with Crippen LogP contribution in [0.1, 0.15) is 33.6 Å². The Kier molecular flexibility index (Phi) is 5.46. The minimum Gasteiger partial charge on any atom is -0.481 e. The number of carboxylic acids is 1. The molecule has 0 spiro atoms. The Morgan fingerprint density at radius 3 is 2.33 bits per heavy atom. The van der Waals surface area contributed by atoms with Crippen molar-refractivity contribution in [1.29, 1.82) is 0 Å². The summed E-state index contributed by atoms with van der Waals surface area (Å²) in [4.78, 5) is 21.3. The van der Waals surface area contributed by atoms with Gasteiger partial charge in [0.05, 0.1) is 11.8 Å². The lowest BCUT2D eigenvalue weighted by molar-refractivity contribution is -0.151. The number of rotatable bonds is 3. The second-order valence-corrected chi connectivity index (χ2v) is 4.07. The minimum atomic E-state index is -0.879. The van der Waals surface area contributed by atoms with Gasteiger partial charge in [-0.3, -0.25) is 9.59 Å². The third kappa shape index (κ3) is 7.56. The third-order valence-corrected chi connectivity index (χ3v) is 1.48. The van der Waals surface area contributed by atoms with Crippen molar-refractivity contribution in [3.05, 3.63) is 0 Å². The maximum atomic E-state index is 11.2. The van der Waals surface area contributed by atoms with Crippen molar-refractivity contribution < 1.29 is 19.4 Å². The average Bonchev–Trinajstić information content (AvgIpc) is 2.08. The molecule has 0 saturated heterocycles. The number of ether oxygens (including phenoxy) is 1. The molecule has 0 heterocycles. The first-order chi connectivity index (χ1) is 6.84. The molecule has 0 aromatic carbocycles. The zero-order chi connectivity index (χ0) is 11.9. The van der Waals surface area contributed by atoms with E-state index in [-0.39, 0.29) is 25.4 Å². The summed E-state index contributed by atoms with van der Waals surface area (Å²) in [6.45, 7) is 5.29. The van der Waals surface area contributed by atoms with Gasteiger partial charge in [0.2, 0.25) is 0 Å². The maximum absolute atomic E-state index is 11.2. The molecule has 15 heavy (non-hydrogen) atoms. The van der Waals surface area contributed by atoms with Gasteiger partial charge in [-0.1, -0.05) is 11.8 Å². The molecule has 0 saturated carbocycles. The molecule has 84 valence electrons. The fraction of sp³-hybridized carbons (Fsp3) is 0.636. The number of hydrogen-bond acceptors (Lipinski definition) is 3. The Morgan fingerprint density at radius 1 is 1.27 bits per heavy atom. The van der Waals surface area contributed by atoms with Crippen molar-refractivity contribution in [3.63, 3.8) is 0 Å². The molecule has 0 rings (SSSR count). The fourth-order valence-corrected chi connectivity index (χ4v) is 0.627. The van der Waals surface area contributed by atoms with Crippen LogP contribution in [0.3, 0.4) is 0 Å². The second-order valence-electron chi connectivity index (χ2n) is 4.07. The van der Waals surface area contributed by atoms with E-state index in [4.69, 9.17) is 9.84 Å². The number of carbonyl (C=O) groups excluding carboxylic acids is 1. The number of carbonyl (C=O) groups is 2. The molecular formula is C11H16O4. The van der Waals surface area contributed by atoms with E-state index in [0.29, 0.717) is 0 Å². The molecule has 0 radical (unpaired) electrons. The number of esters is 1. The van der Waals surface area contributed by atoms with E-state index in [0.717, 1.165) is 0 Å². The van der Waals surface area contributed by atoms with Gasteiger partial charge in [-0.05, 0) is 20.8 Å². The smallest absolute Gasteiger partial charge is 0.312 e. The summed E-state index contributed by atoms with van der Waals surface area (Å²) < 4.78 is 4.85. The van der Waals surface area contributed by atoms with Gasteiger partial charge in [-0.25, -0.2) is 0 Å². The normalized spacial score (nSPS) is 10.1. The van der Waals surface area contributed by atoms with Crippen LogP contribution in [0, 0.1) is 17.3 Å². The third-order valence-electron chi connectivity index (χ3n) is 1.48. The molecule has 0 amide bonds. The lowest BCUT2D eigenvalue weighted by atomic mass is 9.97. The summed E-state index contributed by atoms with van der Waals surface area (Å²) in [6.07, 6.45) is 0.294. The molecule has 0 atom stereocenters. The molecule has 0 aliphatic rings. The number of hydrogen-bond donors (Lipinski definition) is 1. The van der Waals surface area contributed by atoms with Gasteiger partial charge in [0.25, 0.3) is 0 Å². The average molecular weight is 212 g/mol. The number of aliphatic carboxylic acids is 1. The van der Waals surface area contributed by atoms with E-state index >= 15 is 0 Å². The molecule has 0 aliphatic carbocycles. The van der Waals surface area contributed by atoms with Gasteiger partial charge in [-0.15, -0.1) is 0 Å². The summed E-state index contributed by atoms with van der Waals surface area (Å²) in [5.74, 6) is 4.01. The monoisotopic (exact) mass is 212 g/mol. The molecule has 0 aromatic heterocycles. The van der Waals surface area contributed by atoms with Gasteiger partial charge in [-0.2, -0.15) is 0 Å². The highest BCUT2D eigenvalue weighted by molar-refractivity contribution is 5.75. The SMILES string of the molecule is CC(C)(C)C(=O)OCC#CCCC(=O)O. The van der Waals surface area contributed by atoms with E-state index in [1.165, 1.54) is 0 Å². The van der Waals surface area contributed by atoms with Gasteiger partial charge in [0, 0.05) is 6.42 Å². The Hall–Kier alpha value is -1.50. The van der Waals surface area contributed by atoms with Crippen molar-refractivity contribution in [1.82, 2.24) is 0 Å². The van der Waals surface area contributed by atoms with Gasteiger partial charge >= 0.3 is 11.9 Å². The fourth-order valence-electron chi connectivity index (χ4n) is 0.627. The van der Waals surface area contributed by atoms with Gasteiger partial charge < -0.3 is 9.84 Å². The molecule has 0 bridgehead atoms. The van der Waals surface area contributed by atoms with Crippen molar-refractivity contribution >= 4 is 11.9 Å². The molecule has 0 unspecified atom stereocenters. The van der Waals surface area contributed by atoms with E-state index < -0.39 is 11.4 Å². The molecule has 1 N–H and O–H groups in total. The zero-order valence-electron chi connectivity index (χ0n) is 9.29. The number of carboxylic acid groups (broad SMARTS) is 1. The zero-order valence-corrected chi connectivity index (χ0v) is 9.29. The predicted molar refractivity (Wildman–Crippen MR) is 55.1 cm³/mol. The van der Waals surface area contributed by atoms with Crippen molar-refractivity contribution in [2.75, 3.05) is 6.61 Å². The van der Waals surface area contributed by atoms with E-state index in [1.807, 2.05) is 0 Å². The predicted octanol–water partition coefficient (Wildman–Crippen LogP) is 1.44. The van der Waals surface area contributed by atoms with Crippen molar-refractivity contribution in [3.8, 4) is 11.8 Å². The Labute approximate surface area is 89.6 Å². The topological polar surface area (TPSA) is 63.6 Å². The van der Waals surface area contributed by atoms with Crippen LogP contribution in [-0.2, 0) is 14.3 Å². The Balaban J connectivity index is 3.70. The van der Waals surface area contributed by atoms with Crippen LogP contribution in [0.4, 0.5) is 0 Å². The molecular weight excluding hydrogens is 196 g/mol. The molecule has 0 aliphatic heterocycles. The molecule has 4 nitrogen and oxygen atoms in total. The highest BCUT2D eigenvalue weighted by atomic mass is 16.5. The largest absolute Gasteiger partial charge is 0.481 e. The summed E-state index contributed by atoms with van der Waals surface area (Å²) >= 11 is 0. The summed E-state index contributed by atoms with van der Waals surface area (Å²) in [7, 11) is 0. The van der Waals surface area contributed by atoms with Crippen LogP contribution in [0.25, 0.3) is 0 Å². The van der Waals surface area contributed by atoms with Crippen LogP contribution < -0.4 is 0 Å². The van der Waals surface area contributed by atoms with Crippen molar-refractivity contribution in [2.24, 2.45) is 5.41 Å². The first-order valence-electron chi connectivity index (χ1n) is 4.69. The molecule has 0 aromatic rings. The summed E-state index contributed by atoms with van der Waals surface area (Å²) in [5.41, 5.74) is -0.525. The highest BCUT2D eigenvalue weighted by Gasteiger charge is 2.22. The maximum Gasteiger partial charge on any atom is 0.312 e. The Morgan fingerprint density at radius 2 is 1.87 bits per heavy atom. The molecule has 0 fully saturated rings. The highest BCUT2D eigenvalue weighted by Crippen LogP contribution is 2.14. The second kappa shape index (κ2) is 6.07. The lowest BCUT2D eigenvalue weighted by Gasteiger charge is -2.14. The summed E-state index contributed by atoms with van der Waals surface area (Å²) in [6, 6.07) is 0. The standard InChI is InChI=1S/C11H16O4/c1-11(2,3)10(14)15-8-6-4-5-7-9(12)13/h5,7-8H2,1-3H3,(H,12,13). The Bertz CT molecular complexity index is 288. The summed E-state index contributed by atoms with van der Waals surface area (Å²) in [5, 5.41) is 8.31. The minimum absolute atomic E-state index is 0.0141. The van der Waals surface area contributed by atoms with Crippen LogP contribution >= 0.6 is 0 Å². The van der Waals surface area contributed by atoms with Crippen LogP contribution in [0.2, 0.25) is 0 Å². The van der Waals surface area contributed by atoms with Crippen LogP contribution in [0.5, 0.6) is 0 Å². The van der Waals surface area contributed by atoms with Crippen molar-refractivity contribution in [2.45, 2.75) is 33.6 Å². The molecule has 4 heteroatoms. The van der Waals surface area contributed by atoms with E-state index in [9.17, 15) is 9.59 Å². The first-order valence-corrected chi connectivity index (χ1v) is 4.69.